The maximum absolute atomic E-state index is 14.2. The quantitative estimate of drug-likeness (QED) is 0.0157. The van der Waals surface area contributed by atoms with Crippen molar-refractivity contribution in [3.05, 3.63) is 94.6 Å². The van der Waals surface area contributed by atoms with Crippen LogP contribution >= 0.6 is 0 Å². The number of ketones is 1. The molecule has 3 aromatic carbocycles. The number of nitrogens with one attached hydrogen (secondary N) is 2. The number of pyridine rings is 1. The average molecular weight is 1030 g/mol. The van der Waals surface area contributed by atoms with Crippen LogP contribution in [0.5, 0.6) is 5.75 Å². The van der Waals surface area contributed by atoms with E-state index in [2.05, 4.69) is 22.7 Å². The average Bonchev–Trinajstić information content (AvgIpc) is 3.63. The summed E-state index contributed by atoms with van der Waals surface area (Å²) in [5, 5.41) is 43.8. The van der Waals surface area contributed by atoms with E-state index in [0.717, 1.165) is 25.0 Å². The molecule has 4 aliphatic rings. The van der Waals surface area contributed by atoms with Crippen molar-refractivity contribution < 1.29 is 71.1 Å². The van der Waals surface area contributed by atoms with E-state index in [9.17, 15) is 47.5 Å². The number of Topliss-reactive ketones (excluding diaryl/α,β-unsaturated/α-hetero) is 1. The highest BCUT2D eigenvalue weighted by atomic mass is 32.2. The molecule has 392 valence electrons. The fourth-order valence-electron chi connectivity index (χ4n) is 12.8. The SMILES string of the molecule is COCc1cc(C(=O)NCCOCCNC(=O)CO/N=C2\C=C3CCC4C(C(O)CC5(C)C4CCC5(O)C(=O)CO)C3(C)CC2)cc(C)c1OC(=O)c1c2ccccc2[n+](CCCS(=O)(=O)[O-])c2ccccc12. The van der Waals surface area contributed by atoms with Crippen LogP contribution in [0.2, 0.25) is 0 Å². The second-order valence-electron chi connectivity index (χ2n) is 20.4. The zero-order valence-corrected chi connectivity index (χ0v) is 42.6. The van der Waals surface area contributed by atoms with Crippen molar-refractivity contribution in [2.24, 2.45) is 33.7 Å². The van der Waals surface area contributed by atoms with E-state index in [1.165, 1.54) is 12.7 Å². The van der Waals surface area contributed by atoms with Crippen LogP contribution in [0.1, 0.15) is 97.1 Å². The van der Waals surface area contributed by atoms with Gasteiger partial charge in [-0.25, -0.2) is 13.2 Å². The first kappa shape index (κ1) is 53.6. The molecule has 1 aromatic heterocycles. The largest absolute Gasteiger partial charge is 0.748 e. The fourth-order valence-corrected chi connectivity index (χ4v) is 13.3. The lowest BCUT2D eigenvalue weighted by Crippen LogP contribution is -2.62. The van der Waals surface area contributed by atoms with Crippen LogP contribution in [-0.2, 0) is 47.2 Å². The van der Waals surface area contributed by atoms with Gasteiger partial charge in [0, 0.05) is 61.0 Å². The molecular formula is C54H66N4O14S. The van der Waals surface area contributed by atoms with Gasteiger partial charge in [-0.15, -0.1) is 0 Å². The number of aryl methyl sites for hydroxylation is 2. The third-order valence-electron chi connectivity index (χ3n) is 16.2. The summed E-state index contributed by atoms with van der Waals surface area (Å²) >= 11 is 0. The lowest BCUT2D eigenvalue weighted by molar-refractivity contribution is -0.645. The summed E-state index contributed by atoms with van der Waals surface area (Å²) in [6.07, 6.45) is 5.62. The number of hydrogen-bond acceptors (Lipinski definition) is 15. The van der Waals surface area contributed by atoms with E-state index in [1.54, 1.807) is 43.3 Å². The van der Waals surface area contributed by atoms with Crippen LogP contribution in [0.3, 0.4) is 0 Å². The number of amides is 2. The first-order valence-corrected chi connectivity index (χ1v) is 26.6. The third kappa shape index (κ3) is 10.8. The summed E-state index contributed by atoms with van der Waals surface area (Å²) in [6, 6.07) is 17.6. The molecule has 0 bridgehead atoms. The number of para-hydroxylation sites is 2. The Morgan fingerprint density at radius 1 is 0.945 bits per heavy atom. The molecule has 0 aliphatic heterocycles. The molecule has 18 nitrogen and oxygen atoms in total. The second-order valence-corrected chi connectivity index (χ2v) is 22.0. The topological polar surface area (TPSA) is 263 Å². The maximum atomic E-state index is 14.2. The van der Waals surface area contributed by atoms with Gasteiger partial charge in [-0.2, -0.15) is 4.57 Å². The molecule has 0 saturated heterocycles. The normalized spacial score (nSPS) is 26.1. The highest BCUT2D eigenvalue weighted by molar-refractivity contribution is 7.85. The van der Waals surface area contributed by atoms with Crippen molar-refractivity contribution in [3.63, 3.8) is 0 Å². The summed E-state index contributed by atoms with van der Waals surface area (Å²) in [5.74, 6) is -2.09. The third-order valence-corrected chi connectivity index (χ3v) is 17.0. The molecule has 4 aromatic rings. The Morgan fingerprint density at radius 2 is 1.63 bits per heavy atom. The Bertz CT molecular complexity index is 2900. The highest BCUT2D eigenvalue weighted by Crippen LogP contribution is 2.67. The van der Waals surface area contributed by atoms with E-state index in [1.807, 2.05) is 41.8 Å². The number of aromatic nitrogens is 1. The second kappa shape index (κ2) is 22.0. The Morgan fingerprint density at radius 3 is 2.30 bits per heavy atom. The molecule has 0 spiro atoms. The highest BCUT2D eigenvalue weighted by Gasteiger charge is 2.68. The number of fused-ring (bicyclic) bond motifs is 7. The Labute approximate surface area is 424 Å². The molecule has 0 radical (unpaired) electrons. The molecule has 4 aliphatic carbocycles. The Balaban J connectivity index is 0.794. The molecule has 73 heavy (non-hydrogen) atoms. The van der Waals surface area contributed by atoms with E-state index in [-0.39, 0.29) is 93.2 Å². The number of ether oxygens (including phenoxy) is 3. The van der Waals surface area contributed by atoms with Crippen LogP contribution in [0.15, 0.2) is 77.5 Å². The van der Waals surface area contributed by atoms with Crippen molar-refractivity contribution >= 4 is 61.2 Å². The number of allylic oxidation sites excluding steroid dienone is 2. The summed E-state index contributed by atoms with van der Waals surface area (Å²) < 4.78 is 53.3. The standard InChI is InChI=1S/C54H66N4O14S/c1-33-26-34(27-35(31-69-4)49(33)72-51(64)47-39-10-5-7-12-42(39)58(22-9-25-73(66,67)68)43-13-8-6-11-40(43)47)50(63)56-21-24-70-23-20-55-46(62)32-71-57-37-16-18-52(2)36(28-37)14-15-38-41-17-19-54(65,45(61)30-59)53(41,3)29-44(60)48(38)52/h5-8,10-13,26-28,38,41,44,48,59-60,65H,9,14-25,29-32H2,1-4H3,(H2-,55,56,62,63,66,67,68)/b57-37-. The zero-order chi connectivity index (χ0) is 52.3. The van der Waals surface area contributed by atoms with Gasteiger partial charge in [-0.1, -0.05) is 48.8 Å². The number of oxime groups is 1. The lowest BCUT2D eigenvalue weighted by Gasteiger charge is -2.60. The van der Waals surface area contributed by atoms with E-state index < -0.39 is 51.4 Å². The number of methoxy groups -OCH3 is 1. The van der Waals surface area contributed by atoms with Crippen molar-refractivity contribution in [2.75, 3.05) is 52.4 Å². The van der Waals surface area contributed by atoms with Gasteiger partial charge in [-0.05, 0) is 111 Å². The van der Waals surface area contributed by atoms with Crippen LogP contribution in [-0.4, -0.2) is 122 Å². The summed E-state index contributed by atoms with van der Waals surface area (Å²) in [7, 11) is -2.93. The number of nitrogens with zero attached hydrogens (tertiary/aromatic N) is 2. The van der Waals surface area contributed by atoms with E-state index >= 15 is 0 Å². The summed E-state index contributed by atoms with van der Waals surface area (Å²) in [6.45, 7) is 5.81. The van der Waals surface area contributed by atoms with Gasteiger partial charge < -0.3 is 49.6 Å². The smallest absolute Gasteiger partial charge is 0.345 e. The van der Waals surface area contributed by atoms with Crippen LogP contribution in [0, 0.1) is 35.5 Å². The molecule has 7 unspecified atom stereocenters. The van der Waals surface area contributed by atoms with Crippen LogP contribution < -0.4 is 19.9 Å². The first-order valence-electron chi connectivity index (χ1n) is 25.0. The van der Waals surface area contributed by atoms with Gasteiger partial charge in [0.2, 0.25) is 11.0 Å². The number of esters is 1. The van der Waals surface area contributed by atoms with Gasteiger partial charge >= 0.3 is 5.97 Å². The van der Waals surface area contributed by atoms with E-state index in [0.29, 0.717) is 69.7 Å². The van der Waals surface area contributed by atoms with Gasteiger partial charge in [0.1, 0.15) is 18.0 Å². The van der Waals surface area contributed by atoms with Crippen molar-refractivity contribution in [1.29, 1.82) is 0 Å². The predicted octanol–water partition coefficient (Wildman–Crippen LogP) is 4.35. The molecular weight excluding hydrogens is 961 g/mol. The number of benzene rings is 3. The monoisotopic (exact) mass is 1030 g/mol. The molecule has 2 amide bonds. The van der Waals surface area contributed by atoms with Crippen LogP contribution in [0.4, 0.5) is 0 Å². The van der Waals surface area contributed by atoms with Gasteiger partial charge in [0.25, 0.3) is 11.8 Å². The van der Waals surface area contributed by atoms with Gasteiger partial charge in [0.15, 0.2) is 18.9 Å². The molecule has 8 rings (SSSR count). The minimum atomic E-state index is -4.42. The molecule has 5 N–H and O–H groups in total. The molecule has 7 atom stereocenters. The molecule has 3 saturated carbocycles. The molecule has 19 heteroatoms. The van der Waals surface area contributed by atoms with Crippen LogP contribution in [0.25, 0.3) is 21.8 Å². The minimum absolute atomic E-state index is 0.0360. The molecule has 3 fully saturated rings. The zero-order valence-electron chi connectivity index (χ0n) is 41.8. The number of carbonyl (C=O) groups excluding carboxylic acids is 4. The minimum Gasteiger partial charge on any atom is -0.748 e. The maximum Gasteiger partial charge on any atom is 0.345 e. The number of rotatable bonds is 20. The van der Waals surface area contributed by atoms with Crippen molar-refractivity contribution in [1.82, 2.24) is 10.6 Å². The molecule has 1 heterocycles. The predicted molar refractivity (Wildman–Crippen MR) is 267 cm³/mol. The Hall–Kier alpha value is -5.67. The summed E-state index contributed by atoms with van der Waals surface area (Å²) in [4.78, 5) is 58.3. The summed E-state index contributed by atoms with van der Waals surface area (Å²) in [5.41, 5.74) is 2.10. The number of carbonyl (C=O) groups is 4. The van der Waals surface area contributed by atoms with Gasteiger partial charge in [-0.3, -0.25) is 14.4 Å². The lowest BCUT2D eigenvalue weighted by atomic mass is 9.45. The van der Waals surface area contributed by atoms with Crippen molar-refractivity contribution in [2.45, 2.75) is 97.0 Å². The first-order chi connectivity index (χ1) is 34.8. The number of aliphatic hydroxyl groups excluding tert-OH is 2. The van der Waals surface area contributed by atoms with E-state index in [4.69, 9.17) is 19.0 Å². The fraction of sp³-hybridized carbons (Fsp3) is 0.519. The number of aliphatic hydroxyl groups is 3. The van der Waals surface area contributed by atoms with Crippen molar-refractivity contribution in [3.8, 4) is 5.75 Å². The van der Waals surface area contributed by atoms with Gasteiger partial charge in [0.05, 0.1) is 58.1 Å². The Kier molecular flexibility index (Phi) is 16.2. The number of hydrogen-bond donors (Lipinski definition) is 5.